The van der Waals surface area contributed by atoms with E-state index in [2.05, 4.69) is 174 Å². The molecule has 1 saturated heterocycles. The van der Waals surface area contributed by atoms with E-state index in [0.717, 1.165) is 44.5 Å². The molecule has 1 fully saturated rings. The van der Waals surface area contributed by atoms with Gasteiger partial charge in [0.2, 0.25) is 0 Å². The molecule has 50 heavy (non-hydrogen) atoms. The van der Waals surface area contributed by atoms with Gasteiger partial charge in [0.05, 0.1) is 16.9 Å². The van der Waals surface area contributed by atoms with E-state index in [0.29, 0.717) is 0 Å². The molecular weight excluding hydrogens is 613 g/mol. The third-order valence-electron chi connectivity index (χ3n) is 11.3. The minimum atomic E-state index is -0.451. The summed E-state index contributed by atoms with van der Waals surface area (Å²) in [6.45, 7) is 13.0. The average Bonchev–Trinajstić information content (AvgIpc) is 3.68. The van der Waals surface area contributed by atoms with Gasteiger partial charge in [-0.25, -0.2) is 0 Å². The lowest BCUT2D eigenvalue weighted by Gasteiger charge is -2.32. The first-order valence-electron chi connectivity index (χ1n) is 17.5. The first-order chi connectivity index (χ1) is 24.0. The number of hydrogen-bond donors (Lipinski definition) is 0. The van der Waals surface area contributed by atoms with Crippen LogP contribution in [0, 0.1) is 0 Å². The predicted octanol–water partition coefficient (Wildman–Crippen LogP) is 11.3. The van der Waals surface area contributed by atoms with Crippen molar-refractivity contribution in [2.45, 2.75) is 58.2 Å². The second-order valence-electron chi connectivity index (χ2n) is 15.2. The van der Waals surface area contributed by atoms with Crippen LogP contribution in [0.1, 0.15) is 52.7 Å². The number of anilines is 3. The van der Waals surface area contributed by atoms with Gasteiger partial charge in [-0.05, 0) is 103 Å². The van der Waals surface area contributed by atoms with Gasteiger partial charge in [-0.3, -0.25) is 0 Å². The first-order valence-corrected chi connectivity index (χ1v) is 17.5. The van der Waals surface area contributed by atoms with Crippen molar-refractivity contribution in [1.29, 1.82) is 0 Å². The van der Waals surface area contributed by atoms with Crippen LogP contribution in [0.25, 0.3) is 44.2 Å². The van der Waals surface area contributed by atoms with Gasteiger partial charge < -0.3 is 18.6 Å². The lowest BCUT2D eigenvalue weighted by atomic mass is 9.78. The summed E-state index contributed by atoms with van der Waals surface area (Å²) in [6.07, 6.45) is 0. The summed E-state index contributed by atoms with van der Waals surface area (Å²) in [4.78, 5) is 2.40. The highest BCUT2D eigenvalue weighted by Crippen LogP contribution is 2.54. The quantitative estimate of drug-likeness (QED) is 0.173. The van der Waals surface area contributed by atoms with Crippen molar-refractivity contribution in [1.82, 2.24) is 0 Å². The SMILES string of the molecule is CC1(C)c2ccccc2-c2c(N(c3ccc(-c4ccccc4)cc3)c3ccc4oc5ccc(B6OC(C)(C)C(C)(C)O6)cc5c4c3)cccc21. The van der Waals surface area contributed by atoms with E-state index in [4.69, 9.17) is 13.7 Å². The largest absolute Gasteiger partial charge is 0.494 e. The Hall–Kier alpha value is -5.10. The lowest BCUT2D eigenvalue weighted by molar-refractivity contribution is 0.00578. The molecule has 0 unspecified atom stereocenters. The number of benzene rings is 6. The third-order valence-corrected chi connectivity index (χ3v) is 11.3. The Morgan fingerprint density at radius 2 is 1.12 bits per heavy atom. The van der Waals surface area contributed by atoms with Crippen molar-refractivity contribution in [3.8, 4) is 22.3 Å². The first kappa shape index (κ1) is 30.9. The molecule has 4 nitrogen and oxygen atoms in total. The molecule has 0 saturated carbocycles. The van der Waals surface area contributed by atoms with Crippen LogP contribution in [0.15, 0.2) is 138 Å². The van der Waals surface area contributed by atoms with Gasteiger partial charge >= 0.3 is 7.12 Å². The maximum atomic E-state index is 6.43. The minimum absolute atomic E-state index is 0.112. The van der Waals surface area contributed by atoms with Gasteiger partial charge in [-0.15, -0.1) is 0 Å². The molecule has 6 aromatic carbocycles. The van der Waals surface area contributed by atoms with Gasteiger partial charge in [0.15, 0.2) is 0 Å². The molecule has 0 N–H and O–H groups in total. The fraction of sp³-hybridized carbons (Fsp3) is 0.200. The number of fused-ring (bicyclic) bond motifs is 6. The summed E-state index contributed by atoms with van der Waals surface area (Å²) in [6, 6.07) is 47.9. The molecule has 1 aromatic heterocycles. The molecule has 1 aliphatic heterocycles. The molecule has 0 atom stereocenters. The van der Waals surface area contributed by atoms with Crippen LogP contribution in [-0.4, -0.2) is 18.3 Å². The van der Waals surface area contributed by atoms with Gasteiger partial charge in [0.1, 0.15) is 11.2 Å². The average molecular weight is 654 g/mol. The zero-order valence-electron chi connectivity index (χ0n) is 29.5. The normalized spacial score (nSPS) is 16.9. The van der Waals surface area contributed by atoms with E-state index >= 15 is 0 Å². The van der Waals surface area contributed by atoms with Gasteiger partial charge in [0.25, 0.3) is 0 Å². The Morgan fingerprint density at radius 1 is 0.520 bits per heavy atom. The summed E-state index contributed by atoms with van der Waals surface area (Å²) >= 11 is 0. The molecule has 0 bridgehead atoms. The monoisotopic (exact) mass is 653 g/mol. The molecule has 246 valence electrons. The highest BCUT2D eigenvalue weighted by molar-refractivity contribution is 6.62. The Bertz CT molecular complexity index is 2410. The van der Waals surface area contributed by atoms with E-state index in [1.165, 1.54) is 33.4 Å². The molecule has 0 radical (unpaired) electrons. The number of rotatable bonds is 5. The fourth-order valence-electron chi connectivity index (χ4n) is 7.83. The Morgan fingerprint density at radius 3 is 1.86 bits per heavy atom. The van der Waals surface area contributed by atoms with Crippen molar-refractivity contribution in [2.75, 3.05) is 4.90 Å². The zero-order valence-corrected chi connectivity index (χ0v) is 29.5. The molecule has 9 rings (SSSR count). The second-order valence-corrected chi connectivity index (χ2v) is 15.2. The van der Waals surface area contributed by atoms with Crippen LogP contribution >= 0.6 is 0 Å². The Labute approximate surface area is 294 Å². The van der Waals surface area contributed by atoms with E-state index in [-0.39, 0.29) is 5.41 Å². The summed E-state index contributed by atoms with van der Waals surface area (Å²) in [5.74, 6) is 0. The van der Waals surface area contributed by atoms with Crippen molar-refractivity contribution in [3.63, 3.8) is 0 Å². The van der Waals surface area contributed by atoms with Crippen molar-refractivity contribution in [3.05, 3.63) is 145 Å². The summed E-state index contributed by atoms with van der Waals surface area (Å²) < 4.78 is 19.3. The topological polar surface area (TPSA) is 34.8 Å². The fourth-order valence-corrected chi connectivity index (χ4v) is 7.83. The van der Waals surface area contributed by atoms with Crippen LogP contribution in [0.2, 0.25) is 0 Å². The van der Waals surface area contributed by atoms with Crippen molar-refractivity contribution < 1.29 is 13.7 Å². The van der Waals surface area contributed by atoms with E-state index in [9.17, 15) is 0 Å². The van der Waals surface area contributed by atoms with Crippen LogP contribution < -0.4 is 10.4 Å². The van der Waals surface area contributed by atoms with E-state index < -0.39 is 18.3 Å². The standard InChI is InChI=1S/C45H40BNO3/c1-43(2)37-16-11-10-15-34(37)42-38(43)17-12-18-39(42)47(32-22-19-30(20-23-32)29-13-8-7-9-14-29)33-24-26-41-36(28-33)35-27-31(21-25-40(35)48-41)46-49-44(3,4)45(5,6)50-46/h7-28H,1-6H3. The van der Waals surface area contributed by atoms with E-state index in [1.54, 1.807) is 0 Å². The second kappa shape index (κ2) is 11.0. The van der Waals surface area contributed by atoms with Crippen molar-refractivity contribution >= 4 is 51.6 Å². The van der Waals surface area contributed by atoms with E-state index in [1.807, 2.05) is 6.07 Å². The number of hydrogen-bond acceptors (Lipinski definition) is 4. The molecule has 0 spiro atoms. The van der Waals surface area contributed by atoms with Crippen LogP contribution in [0.4, 0.5) is 17.1 Å². The zero-order chi connectivity index (χ0) is 34.4. The smallest absolute Gasteiger partial charge is 0.456 e. The van der Waals surface area contributed by atoms with Gasteiger partial charge in [-0.2, -0.15) is 0 Å². The summed E-state index contributed by atoms with van der Waals surface area (Å²) in [5.41, 5.74) is 12.7. The molecule has 1 aliphatic carbocycles. The highest BCUT2D eigenvalue weighted by atomic mass is 16.7. The lowest BCUT2D eigenvalue weighted by Crippen LogP contribution is -2.41. The third kappa shape index (κ3) is 4.68. The number of furan rings is 1. The molecule has 2 heterocycles. The highest BCUT2D eigenvalue weighted by Gasteiger charge is 2.51. The molecular formula is C45H40BNO3. The molecule has 2 aliphatic rings. The Balaban J connectivity index is 1.23. The summed E-state index contributed by atoms with van der Waals surface area (Å²) in [7, 11) is -0.451. The maximum Gasteiger partial charge on any atom is 0.494 e. The van der Waals surface area contributed by atoms with Crippen LogP contribution in [0.5, 0.6) is 0 Å². The Kier molecular flexibility index (Phi) is 6.77. The molecule has 0 amide bonds. The summed E-state index contributed by atoms with van der Waals surface area (Å²) in [5, 5.41) is 2.09. The van der Waals surface area contributed by atoms with Crippen molar-refractivity contribution in [2.24, 2.45) is 0 Å². The van der Waals surface area contributed by atoms with Gasteiger partial charge in [0, 0.05) is 33.1 Å². The van der Waals surface area contributed by atoms with Gasteiger partial charge in [-0.1, -0.05) is 105 Å². The van der Waals surface area contributed by atoms with Crippen LogP contribution in [-0.2, 0) is 14.7 Å². The van der Waals surface area contributed by atoms with Crippen LogP contribution in [0.3, 0.4) is 0 Å². The predicted molar refractivity (Wildman–Crippen MR) is 207 cm³/mol. The maximum absolute atomic E-state index is 6.43. The minimum Gasteiger partial charge on any atom is -0.456 e. The number of nitrogens with zero attached hydrogens (tertiary/aromatic N) is 1. The molecule has 5 heteroatoms. The molecule has 7 aromatic rings.